The SMILES string of the molecule is C.C=CCC1=[C-]CC=C1.[CH3-].[CH3-].[Cl-].[Cl-].[Zr+2].c1ccc2c(c1)[cH-]c1ccccc12. The van der Waals surface area contributed by atoms with Crippen LogP contribution in [-0.2, 0) is 26.2 Å². The second-order valence-corrected chi connectivity index (χ2v) is 5.12. The summed E-state index contributed by atoms with van der Waals surface area (Å²) < 4.78 is 0. The van der Waals surface area contributed by atoms with Gasteiger partial charge in [0, 0.05) is 0 Å². The summed E-state index contributed by atoms with van der Waals surface area (Å²) in [5, 5.41) is 5.39. The van der Waals surface area contributed by atoms with Crippen molar-refractivity contribution in [2.75, 3.05) is 0 Å². The standard InChI is InChI=1S/C13H9.C8H9.CH4.2CH3.2ClH.Zr/c1-3-7-12-10(5-1)9-11-6-2-4-8-13(11)12;1-2-5-8-6-3-4-7-8;;;;;;/h1-9H;2-3,6H,1,4-5H2;1H4;2*1H3;2*1H;/q2*-1;;2*-1;;;+2/p-2. The molecule has 0 heterocycles. The summed E-state index contributed by atoms with van der Waals surface area (Å²) in [5.74, 6) is 0. The number of allylic oxidation sites excluding steroid dienone is 5. The Balaban J connectivity index is -0.000000172. The van der Waals surface area contributed by atoms with Crippen molar-refractivity contribution < 1.29 is 51.0 Å². The van der Waals surface area contributed by atoms with Gasteiger partial charge >= 0.3 is 26.2 Å². The molecule has 0 saturated carbocycles. The van der Waals surface area contributed by atoms with Crippen LogP contribution in [0.25, 0.3) is 21.5 Å². The van der Waals surface area contributed by atoms with Crippen molar-refractivity contribution in [1.82, 2.24) is 0 Å². The van der Waals surface area contributed by atoms with Crippen LogP contribution < -0.4 is 24.8 Å². The van der Waals surface area contributed by atoms with Crippen molar-refractivity contribution in [2.24, 2.45) is 0 Å². The first kappa shape index (κ1) is 33.6. The summed E-state index contributed by atoms with van der Waals surface area (Å²) in [7, 11) is 0. The van der Waals surface area contributed by atoms with Gasteiger partial charge in [-0.15, -0.1) is 52.7 Å². The average Bonchev–Trinajstić information content (AvgIpc) is 3.15. The molecule has 27 heavy (non-hydrogen) atoms. The van der Waals surface area contributed by atoms with Crippen LogP contribution in [-0.4, -0.2) is 0 Å². The summed E-state index contributed by atoms with van der Waals surface area (Å²) in [4.78, 5) is 0. The van der Waals surface area contributed by atoms with Crippen LogP contribution >= 0.6 is 0 Å². The number of hydrogen-bond acceptors (Lipinski definition) is 0. The van der Waals surface area contributed by atoms with E-state index in [2.05, 4.69) is 79.4 Å². The van der Waals surface area contributed by atoms with Gasteiger partial charge in [0.25, 0.3) is 0 Å². The fraction of sp³-hybridized carbons (Fsp3) is 0.125. The third kappa shape index (κ3) is 8.69. The van der Waals surface area contributed by atoms with Crippen molar-refractivity contribution in [1.29, 1.82) is 0 Å². The van der Waals surface area contributed by atoms with E-state index in [1.807, 2.05) is 6.08 Å². The van der Waals surface area contributed by atoms with E-state index in [0.717, 1.165) is 12.8 Å². The van der Waals surface area contributed by atoms with Gasteiger partial charge in [-0.25, -0.2) is 11.6 Å². The van der Waals surface area contributed by atoms with E-state index in [9.17, 15) is 0 Å². The molecule has 0 bridgehead atoms. The van der Waals surface area contributed by atoms with Crippen molar-refractivity contribution >= 4 is 21.5 Å². The number of hydrogen-bond donors (Lipinski definition) is 0. The monoisotopic (exact) mass is 476 g/mol. The van der Waals surface area contributed by atoms with E-state index in [0.29, 0.717) is 0 Å². The summed E-state index contributed by atoms with van der Waals surface area (Å²) in [6.45, 7) is 3.63. The molecule has 0 N–H and O–H groups in total. The smallest absolute Gasteiger partial charge is 1.00 e. The Bertz CT molecular complexity index is 778. The predicted octanol–water partition coefficient (Wildman–Crippen LogP) is 1.51. The van der Waals surface area contributed by atoms with Crippen LogP contribution in [0, 0.1) is 20.9 Å². The molecular weight excluding hydrogens is 450 g/mol. The van der Waals surface area contributed by atoms with Gasteiger partial charge in [-0.1, -0.05) is 49.9 Å². The van der Waals surface area contributed by atoms with Crippen LogP contribution in [0.5, 0.6) is 0 Å². The van der Waals surface area contributed by atoms with E-state index >= 15 is 0 Å². The molecule has 0 fully saturated rings. The van der Waals surface area contributed by atoms with Crippen molar-refractivity contribution in [3.63, 3.8) is 0 Å². The zero-order valence-electron chi connectivity index (χ0n) is 15.3. The van der Waals surface area contributed by atoms with Crippen LogP contribution in [0.15, 0.2) is 85.0 Å². The number of halogens is 2. The molecular formula is C24H28Cl2Zr-4. The second-order valence-electron chi connectivity index (χ2n) is 5.12. The van der Waals surface area contributed by atoms with Crippen LogP contribution in [0.2, 0.25) is 0 Å². The van der Waals surface area contributed by atoms with Crippen LogP contribution in [0.3, 0.4) is 0 Å². The summed E-state index contributed by atoms with van der Waals surface area (Å²) in [6, 6.07) is 19.3. The van der Waals surface area contributed by atoms with E-state index < -0.39 is 0 Å². The third-order valence-electron chi connectivity index (χ3n) is 3.65. The van der Waals surface area contributed by atoms with Crippen LogP contribution in [0.1, 0.15) is 20.3 Å². The van der Waals surface area contributed by atoms with Crippen molar-refractivity contribution in [3.8, 4) is 0 Å². The molecule has 3 aromatic rings. The normalized spacial score (nSPS) is 10.1. The summed E-state index contributed by atoms with van der Waals surface area (Å²) in [6.07, 6.45) is 11.3. The Kier molecular flexibility index (Phi) is 21.3. The Morgan fingerprint density at radius 3 is 1.81 bits per heavy atom. The van der Waals surface area contributed by atoms with Crippen molar-refractivity contribution in [3.05, 3.63) is 106 Å². The minimum atomic E-state index is 0. The molecule has 3 heteroatoms. The zero-order valence-corrected chi connectivity index (χ0v) is 19.3. The molecule has 1 aliphatic carbocycles. The first-order chi connectivity index (χ1) is 10.4. The topological polar surface area (TPSA) is 0 Å². The number of benzene rings is 2. The van der Waals surface area contributed by atoms with Gasteiger partial charge in [-0.05, 0) is 6.42 Å². The molecule has 0 aliphatic heterocycles. The first-order valence-electron chi connectivity index (χ1n) is 7.29. The Labute approximate surface area is 197 Å². The maximum absolute atomic E-state index is 3.63. The summed E-state index contributed by atoms with van der Waals surface area (Å²) >= 11 is 0. The molecule has 4 rings (SSSR count). The van der Waals surface area contributed by atoms with Gasteiger partial charge in [0.2, 0.25) is 0 Å². The summed E-state index contributed by atoms with van der Waals surface area (Å²) in [5.41, 5.74) is 1.28. The zero-order chi connectivity index (χ0) is 14.5. The minimum Gasteiger partial charge on any atom is -1.00 e. The fourth-order valence-electron chi connectivity index (χ4n) is 2.65. The molecule has 0 atom stereocenters. The Morgan fingerprint density at radius 1 is 0.926 bits per heavy atom. The van der Waals surface area contributed by atoms with Crippen LogP contribution in [0.4, 0.5) is 0 Å². The maximum Gasteiger partial charge on any atom is 2.00 e. The van der Waals surface area contributed by atoms with Gasteiger partial charge in [0.1, 0.15) is 0 Å². The van der Waals surface area contributed by atoms with Crippen molar-refractivity contribution in [2.45, 2.75) is 20.3 Å². The molecule has 0 aromatic heterocycles. The van der Waals surface area contributed by atoms with Gasteiger partial charge < -0.3 is 39.7 Å². The molecule has 3 aromatic carbocycles. The largest absolute Gasteiger partial charge is 2.00 e. The molecule has 0 radical (unpaired) electrons. The van der Waals surface area contributed by atoms with E-state index in [1.54, 1.807) is 0 Å². The molecule has 0 unspecified atom stereocenters. The van der Waals surface area contributed by atoms with Gasteiger partial charge in [0.15, 0.2) is 0 Å². The molecule has 0 spiro atoms. The maximum atomic E-state index is 3.63. The third-order valence-corrected chi connectivity index (χ3v) is 3.65. The Hall–Kier alpha value is -1.01. The van der Waals surface area contributed by atoms with Gasteiger partial charge in [0.05, 0.1) is 0 Å². The average molecular weight is 479 g/mol. The molecule has 0 nitrogen and oxygen atoms in total. The second kappa shape index (κ2) is 17.1. The fourth-order valence-corrected chi connectivity index (χ4v) is 2.65. The van der Waals surface area contributed by atoms with E-state index in [1.165, 1.54) is 27.1 Å². The molecule has 0 saturated heterocycles. The predicted molar refractivity (Wildman–Crippen MR) is 112 cm³/mol. The van der Waals surface area contributed by atoms with E-state index in [-0.39, 0.29) is 73.3 Å². The minimum absolute atomic E-state index is 0. The van der Waals surface area contributed by atoms with Gasteiger partial charge in [-0.2, -0.15) is 6.08 Å². The number of rotatable bonds is 2. The Morgan fingerprint density at radius 2 is 1.41 bits per heavy atom. The first-order valence-corrected chi connectivity index (χ1v) is 7.29. The molecule has 1 aliphatic rings. The quantitative estimate of drug-likeness (QED) is 0.387. The van der Waals surface area contributed by atoms with E-state index in [4.69, 9.17) is 0 Å². The molecule has 0 amide bonds. The van der Waals surface area contributed by atoms with Gasteiger partial charge in [-0.3, -0.25) is 6.08 Å². The molecule has 146 valence electrons. The number of fused-ring (bicyclic) bond motifs is 3.